The molecule has 0 bridgehead atoms. The van der Waals surface area contributed by atoms with E-state index < -0.39 is 0 Å². The average Bonchev–Trinajstić information content (AvgIpc) is 2.67. The standard InChI is InChI=1S/C12H15BrN2S/c1-3-9-6-10(13)4-5-11(9)15-12-14-7-8(2)16-12/h4-6,8H,3,7H2,1-2H3,(H,14,15). The second-order valence-corrected chi connectivity index (χ2v) is 6.20. The van der Waals surface area contributed by atoms with Gasteiger partial charge in [0.05, 0.1) is 6.54 Å². The van der Waals surface area contributed by atoms with E-state index in [1.54, 1.807) is 0 Å². The average molecular weight is 299 g/mol. The number of aryl methyl sites for hydroxylation is 1. The molecule has 1 heterocycles. The molecule has 2 nitrogen and oxygen atoms in total. The molecule has 0 aromatic heterocycles. The predicted octanol–water partition coefficient (Wildman–Crippen LogP) is 3.91. The van der Waals surface area contributed by atoms with Gasteiger partial charge in [0.15, 0.2) is 5.17 Å². The van der Waals surface area contributed by atoms with Gasteiger partial charge in [-0.15, -0.1) is 0 Å². The third-order valence-corrected chi connectivity index (χ3v) is 3.99. The Morgan fingerprint density at radius 1 is 1.56 bits per heavy atom. The third kappa shape index (κ3) is 2.80. The van der Waals surface area contributed by atoms with Crippen LogP contribution in [0.2, 0.25) is 0 Å². The van der Waals surface area contributed by atoms with Crippen molar-refractivity contribution in [1.82, 2.24) is 0 Å². The van der Waals surface area contributed by atoms with Crippen molar-refractivity contribution in [2.24, 2.45) is 4.99 Å². The Bertz CT molecular complexity index is 417. The minimum absolute atomic E-state index is 0.600. The Morgan fingerprint density at radius 2 is 2.38 bits per heavy atom. The lowest BCUT2D eigenvalue weighted by molar-refractivity contribution is 0.976. The molecule has 0 saturated heterocycles. The molecule has 0 saturated carbocycles. The van der Waals surface area contributed by atoms with Crippen LogP contribution < -0.4 is 5.32 Å². The smallest absolute Gasteiger partial charge is 0.161 e. The molecule has 0 radical (unpaired) electrons. The Hall–Kier alpha value is -0.480. The fourth-order valence-corrected chi connectivity index (χ4v) is 2.89. The number of halogens is 1. The fraction of sp³-hybridized carbons (Fsp3) is 0.417. The zero-order valence-electron chi connectivity index (χ0n) is 9.46. The molecule has 0 spiro atoms. The summed E-state index contributed by atoms with van der Waals surface area (Å²) < 4.78 is 1.13. The summed E-state index contributed by atoms with van der Waals surface area (Å²) >= 11 is 5.31. The van der Waals surface area contributed by atoms with Gasteiger partial charge in [-0.1, -0.05) is 41.5 Å². The summed E-state index contributed by atoms with van der Waals surface area (Å²) in [6, 6.07) is 6.33. The van der Waals surface area contributed by atoms with Crippen LogP contribution in [0.4, 0.5) is 5.69 Å². The van der Waals surface area contributed by atoms with Gasteiger partial charge >= 0.3 is 0 Å². The van der Waals surface area contributed by atoms with Gasteiger partial charge in [-0.3, -0.25) is 4.99 Å². The summed E-state index contributed by atoms with van der Waals surface area (Å²) in [6.45, 7) is 5.29. The van der Waals surface area contributed by atoms with Crippen LogP contribution in [-0.4, -0.2) is 17.0 Å². The van der Waals surface area contributed by atoms with Crippen LogP contribution in [0.3, 0.4) is 0 Å². The van der Waals surface area contributed by atoms with Gasteiger partial charge in [0.2, 0.25) is 0 Å². The van der Waals surface area contributed by atoms with Crippen LogP contribution in [0.1, 0.15) is 19.4 Å². The van der Waals surface area contributed by atoms with Crippen molar-refractivity contribution >= 4 is 38.5 Å². The van der Waals surface area contributed by atoms with E-state index in [-0.39, 0.29) is 0 Å². The van der Waals surface area contributed by atoms with E-state index in [4.69, 9.17) is 0 Å². The molecule has 16 heavy (non-hydrogen) atoms. The topological polar surface area (TPSA) is 24.4 Å². The van der Waals surface area contributed by atoms with Crippen molar-refractivity contribution in [3.63, 3.8) is 0 Å². The lowest BCUT2D eigenvalue weighted by Gasteiger charge is -2.11. The van der Waals surface area contributed by atoms with E-state index in [1.807, 2.05) is 11.8 Å². The lowest BCUT2D eigenvalue weighted by atomic mass is 10.1. The highest BCUT2D eigenvalue weighted by atomic mass is 79.9. The van der Waals surface area contributed by atoms with Gasteiger partial charge in [-0.05, 0) is 30.2 Å². The third-order valence-electron chi connectivity index (χ3n) is 2.49. The Balaban J connectivity index is 2.15. The maximum absolute atomic E-state index is 4.47. The minimum Gasteiger partial charge on any atom is -0.335 e. The highest BCUT2D eigenvalue weighted by molar-refractivity contribution is 9.10. The van der Waals surface area contributed by atoms with Crippen LogP contribution in [0.25, 0.3) is 0 Å². The summed E-state index contributed by atoms with van der Waals surface area (Å²) in [5.74, 6) is 0. The first kappa shape index (κ1) is 12.0. The molecule has 1 aromatic rings. The fourth-order valence-electron chi connectivity index (χ4n) is 1.64. The summed E-state index contributed by atoms with van der Waals surface area (Å²) in [4.78, 5) is 4.47. The summed E-state index contributed by atoms with van der Waals surface area (Å²) in [7, 11) is 0. The number of rotatable bonds is 2. The zero-order valence-corrected chi connectivity index (χ0v) is 11.9. The lowest BCUT2D eigenvalue weighted by Crippen LogP contribution is -2.07. The van der Waals surface area contributed by atoms with Crippen LogP contribution in [0.5, 0.6) is 0 Å². The molecule has 1 N–H and O–H groups in total. The molecule has 1 aliphatic rings. The van der Waals surface area contributed by atoms with Gasteiger partial charge in [0.25, 0.3) is 0 Å². The highest BCUT2D eigenvalue weighted by Crippen LogP contribution is 2.26. The van der Waals surface area contributed by atoms with E-state index >= 15 is 0 Å². The van der Waals surface area contributed by atoms with Crippen molar-refractivity contribution in [1.29, 1.82) is 0 Å². The summed E-state index contributed by atoms with van der Waals surface area (Å²) in [6.07, 6.45) is 1.02. The van der Waals surface area contributed by atoms with E-state index in [0.29, 0.717) is 5.25 Å². The monoisotopic (exact) mass is 298 g/mol. The Labute approximate surface area is 109 Å². The van der Waals surface area contributed by atoms with Crippen LogP contribution >= 0.6 is 27.7 Å². The van der Waals surface area contributed by atoms with Crippen molar-refractivity contribution in [3.05, 3.63) is 28.2 Å². The first-order valence-electron chi connectivity index (χ1n) is 5.45. The molecule has 2 rings (SSSR count). The molecular weight excluding hydrogens is 284 g/mol. The number of nitrogens with one attached hydrogen (secondary N) is 1. The van der Waals surface area contributed by atoms with E-state index in [0.717, 1.165) is 22.6 Å². The maximum atomic E-state index is 4.47. The van der Waals surface area contributed by atoms with Gasteiger partial charge in [-0.25, -0.2) is 0 Å². The van der Waals surface area contributed by atoms with Crippen LogP contribution in [0, 0.1) is 0 Å². The van der Waals surface area contributed by atoms with Crippen molar-refractivity contribution < 1.29 is 0 Å². The molecule has 1 unspecified atom stereocenters. The van der Waals surface area contributed by atoms with Crippen molar-refractivity contribution in [2.75, 3.05) is 11.9 Å². The number of anilines is 1. The number of nitrogens with zero attached hydrogens (tertiary/aromatic N) is 1. The molecule has 1 aromatic carbocycles. The van der Waals surface area contributed by atoms with E-state index in [2.05, 4.69) is 58.3 Å². The summed E-state index contributed by atoms with van der Waals surface area (Å²) in [5, 5.41) is 5.06. The number of amidine groups is 1. The second-order valence-electron chi connectivity index (χ2n) is 3.85. The molecule has 1 aliphatic heterocycles. The molecule has 4 heteroatoms. The molecule has 0 fully saturated rings. The van der Waals surface area contributed by atoms with Crippen molar-refractivity contribution in [2.45, 2.75) is 25.5 Å². The maximum Gasteiger partial charge on any atom is 0.161 e. The highest BCUT2D eigenvalue weighted by Gasteiger charge is 2.15. The predicted molar refractivity (Wildman–Crippen MR) is 76.5 cm³/mol. The quantitative estimate of drug-likeness (QED) is 0.895. The minimum atomic E-state index is 0.600. The molecule has 0 amide bonds. The number of benzene rings is 1. The van der Waals surface area contributed by atoms with Gasteiger partial charge in [-0.2, -0.15) is 0 Å². The number of aliphatic imine (C=N–C) groups is 1. The summed E-state index contributed by atoms with van der Waals surface area (Å²) in [5.41, 5.74) is 2.49. The number of hydrogen-bond donors (Lipinski definition) is 1. The number of hydrogen-bond acceptors (Lipinski definition) is 3. The van der Waals surface area contributed by atoms with Gasteiger partial charge in [0, 0.05) is 15.4 Å². The largest absolute Gasteiger partial charge is 0.335 e. The second kappa shape index (κ2) is 5.23. The number of thioether (sulfide) groups is 1. The van der Waals surface area contributed by atoms with E-state index in [9.17, 15) is 0 Å². The van der Waals surface area contributed by atoms with Crippen LogP contribution in [0.15, 0.2) is 27.7 Å². The van der Waals surface area contributed by atoms with Gasteiger partial charge in [0.1, 0.15) is 0 Å². The molecule has 86 valence electrons. The first-order chi connectivity index (χ1) is 7.69. The SMILES string of the molecule is CCc1cc(Br)ccc1NC1=NCC(C)S1. The van der Waals surface area contributed by atoms with Crippen molar-refractivity contribution in [3.8, 4) is 0 Å². The molecule has 1 atom stereocenters. The Kier molecular flexibility index (Phi) is 3.92. The first-order valence-corrected chi connectivity index (χ1v) is 7.13. The zero-order chi connectivity index (χ0) is 11.5. The van der Waals surface area contributed by atoms with Crippen LogP contribution in [-0.2, 0) is 6.42 Å². The Morgan fingerprint density at radius 3 is 3.00 bits per heavy atom. The van der Waals surface area contributed by atoms with Gasteiger partial charge < -0.3 is 5.32 Å². The normalized spacial score (nSPS) is 19.7. The molecule has 0 aliphatic carbocycles. The van der Waals surface area contributed by atoms with E-state index in [1.165, 1.54) is 11.3 Å². The molecular formula is C12H15BrN2S.